The molecule has 0 bridgehead atoms. The molecule has 2 heterocycles. The minimum atomic E-state index is -0.0137. The van der Waals surface area contributed by atoms with Crippen LogP contribution < -0.4 is 14.8 Å². The smallest absolute Gasteiger partial charge is 0.161 e. The van der Waals surface area contributed by atoms with E-state index >= 15 is 0 Å². The molecule has 1 atom stereocenters. The van der Waals surface area contributed by atoms with Gasteiger partial charge in [0, 0.05) is 0 Å². The molecule has 1 aliphatic rings. The van der Waals surface area contributed by atoms with Crippen molar-refractivity contribution >= 4 is 15.9 Å². The first-order valence-corrected chi connectivity index (χ1v) is 7.44. The maximum absolute atomic E-state index is 5.64. The molecule has 0 spiro atoms. The predicted molar refractivity (Wildman–Crippen MR) is 79.4 cm³/mol. The average molecular weight is 338 g/mol. The third kappa shape index (κ3) is 2.55. The summed E-state index contributed by atoms with van der Waals surface area (Å²) in [5.41, 5.74) is 1.09. The molecule has 1 unspecified atom stereocenters. The van der Waals surface area contributed by atoms with E-state index in [9.17, 15) is 0 Å². The summed E-state index contributed by atoms with van der Waals surface area (Å²) >= 11 is 3.52. The largest absolute Gasteiger partial charge is 0.486 e. The monoisotopic (exact) mass is 337 g/mol. The minimum Gasteiger partial charge on any atom is -0.486 e. The van der Waals surface area contributed by atoms with Crippen LogP contribution in [0.15, 0.2) is 39.4 Å². The van der Waals surface area contributed by atoms with Crippen molar-refractivity contribution < 1.29 is 13.9 Å². The number of ether oxygens (including phenoxy) is 2. The first-order valence-electron chi connectivity index (χ1n) is 6.65. The van der Waals surface area contributed by atoms with Crippen molar-refractivity contribution in [1.29, 1.82) is 0 Å². The number of rotatable bonds is 4. The zero-order chi connectivity index (χ0) is 13.9. The lowest BCUT2D eigenvalue weighted by Crippen LogP contribution is -2.22. The topological polar surface area (TPSA) is 43.6 Å². The van der Waals surface area contributed by atoms with Gasteiger partial charge in [-0.1, -0.05) is 13.0 Å². The highest BCUT2D eigenvalue weighted by atomic mass is 79.9. The molecule has 2 aromatic rings. The number of hydrogen-bond donors (Lipinski definition) is 1. The number of fused-ring (bicyclic) bond motifs is 1. The fraction of sp³-hybridized carbons (Fsp3) is 0.333. The lowest BCUT2D eigenvalue weighted by atomic mass is 10.0. The maximum atomic E-state index is 5.64. The van der Waals surface area contributed by atoms with Gasteiger partial charge in [-0.15, -0.1) is 0 Å². The molecule has 106 valence electrons. The zero-order valence-corrected chi connectivity index (χ0v) is 12.8. The zero-order valence-electron chi connectivity index (χ0n) is 11.2. The van der Waals surface area contributed by atoms with Crippen molar-refractivity contribution in [1.82, 2.24) is 5.32 Å². The molecule has 0 amide bonds. The summed E-state index contributed by atoms with van der Waals surface area (Å²) in [6.45, 7) is 4.10. The molecule has 1 aromatic heterocycles. The molecule has 20 heavy (non-hydrogen) atoms. The van der Waals surface area contributed by atoms with Crippen molar-refractivity contribution in [2.45, 2.75) is 13.0 Å². The van der Waals surface area contributed by atoms with E-state index in [4.69, 9.17) is 13.9 Å². The highest BCUT2D eigenvalue weighted by Gasteiger charge is 2.21. The van der Waals surface area contributed by atoms with Crippen molar-refractivity contribution in [3.05, 3.63) is 46.3 Å². The molecule has 4 nitrogen and oxygen atoms in total. The normalized spacial score (nSPS) is 15.1. The molecule has 0 aliphatic carbocycles. The molecule has 1 aromatic carbocycles. The van der Waals surface area contributed by atoms with Crippen LogP contribution in [-0.4, -0.2) is 19.8 Å². The van der Waals surface area contributed by atoms with Gasteiger partial charge in [-0.05, 0) is 46.2 Å². The third-order valence-corrected chi connectivity index (χ3v) is 3.87. The van der Waals surface area contributed by atoms with Crippen LogP contribution in [0.5, 0.6) is 11.5 Å². The van der Waals surface area contributed by atoms with Gasteiger partial charge < -0.3 is 19.2 Å². The van der Waals surface area contributed by atoms with Crippen LogP contribution in [0.1, 0.15) is 24.3 Å². The van der Waals surface area contributed by atoms with Crippen LogP contribution in [0.3, 0.4) is 0 Å². The van der Waals surface area contributed by atoms with Crippen LogP contribution in [0.4, 0.5) is 0 Å². The Morgan fingerprint density at radius 3 is 2.70 bits per heavy atom. The number of nitrogens with one attached hydrogen (secondary N) is 1. The predicted octanol–water partition coefficient (Wildman–Crippen LogP) is 3.51. The van der Waals surface area contributed by atoms with Crippen LogP contribution >= 0.6 is 15.9 Å². The molecule has 0 saturated carbocycles. The average Bonchev–Trinajstić information content (AvgIpc) is 2.90. The molecule has 0 saturated heterocycles. The summed E-state index contributed by atoms with van der Waals surface area (Å²) in [6, 6.07) is 7.88. The Morgan fingerprint density at radius 2 is 2.00 bits per heavy atom. The molecule has 5 heteroatoms. The Labute approximate surface area is 126 Å². The van der Waals surface area contributed by atoms with Crippen molar-refractivity contribution in [2.75, 3.05) is 19.8 Å². The molecule has 0 fully saturated rings. The minimum absolute atomic E-state index is 0.0137. The van der Waals surface area contributed by atoms with Crippen molar-refractivity contribution in [3.8, 4) is 11.5 Å². The SMILES string of the molecule is CCNC(c1ccc2c(c1)OCCO2)c1occc1Br. The van der Waals surface area contributed by atoms with E-state index in [1.807, 2.05) is 24.3 Å². The van der Waals surface area contributed by atoms with Gasteiger partial charge >= 0.3 is 0 Å². The Balaban J connectivity index is 1.97. The highest BCUT2D eigenvalue weighted by molar-refractivity contribution is 9.10. The summed E-state index contributed by atoms with van der Waals surface area (Å²) in [5.74, 6) is 2.46. The Hall–Kier alpha value is -1.46. The van der Waals surface area contributed by atoms with Crippen LogP contribution in [0, 0.1) is 0 Å². The third-order valence-electron chi connectivity index (χ3n) is 3.21. The first kappa shape index (κ1) is 13.5. The van der Waals surface area contributed by atoms with E-state index in [0.29, 0.717) is 13.2 Å². The summed E-state index contributed by atoms with van der Waals surface area (Å²) < 4.78 is 17.8. The number of halogens is 1. The van der Waals surface area contributed by atoms with Crippen LogP contribution in [0.2, 0.25) is 0 Å². The van der Waals surface area contributed by atoms with E-state index < -0.39 is 0 Å². The van der Waals surface area contributed by atoms with Gasteiger partial charge in [0.25, 0.3) is 0 Å². The second-order valence-corrected chi connectivity index (χ2v) is 5.38. The van der Waals surface area contributed by atoms with Crippen molar-refractivity contribution in [3.63, 3.8) is 0 Å². The molecular formula is C15H16BrNO3. The lowest BCUT2D eigenvalue weighted by molar-refractivity contribution is 0.171. The summed E-state index contributed by atoms with van der Waals surface area (Å²) in [5, 5.41) is 3.43. The van der Waals surface area contributed by atoms with E-state index in [2.05, 4.69) is 28.2 Å². The van der Waals surface area contributed by atoms with Crippen molar-refractivity contribution in [2.24, 2.45) is 0 Å². The van der Waals surface area contributed by atoms with E-state index in [-0.39, 0.29) is 6.04 Å². The number of hydrogen-bond acceptors (Lipinski definition) is 4. The summed E-state index contributed by atoms with van der Waals surface area (Å²) in [4.78, 5) is 0. The summed E-state index contributed by atoms with van der Waals surface area (Å²) in [7, 11) is 0. The Bertz CT molecular complexity index is 597. The molecule has 0 radical (unpaired) electrons. The fourth-order valence-electron chi connectivity index (χ4n) is 2.32. The number of benzene rings is 1. The van der Waals surface area contributed by atoms with E-state index in [1.54, 1.807) is 6.26 Å². The van der Waals surface area contributed by atoms with Gasteiger partial charge in [0.2, 0.25) is 0 Å². The fourth-order valence-corrected chi connectivity index (χ4v) is 2.75. The summed E-state index contributed by atoms with van der Waals surface area (Å²) in [6.07, 6.45) is 1.68. The molecule has 1 aliphatic heterocycles. The second-order valence-electron chi connectivity index (χ2n) is 4.53. The van der Waals surface area contributed by atoms with Gasteiger partial charge in [-0.25, -0.2) is 0 Å². The standard InChI is InChI=1S/C15H16BrNO3/c1-2-17-14(15-11(16)5-6-20-15)10-3-4-12-13(9-10)19-8-7-18-12/h3-6,9,14,17H,2,7-8H2,1H3. The molecular weight excluding hydrogens is 322 g/mol. The number of furan rings is 1. The lowest BCUT2D eigenvalue weighted by Gasteiger charge is -2.22. The van der Waals surface area contributed by atoms with Gasteiger partial charge in [0.1, 0.15) is 19.0 Å². The molecule has 3 rings (SSSR count). The van der Waals surface area contributed by atoms with Crippen LogP contribution in [-0.2, 0) is 0 Å². The van der Waals surface area contributed by atoms with Gasteiger partial charge in [-0.3, -0.25) is 0 Å². The molecule has 1 N–H and O–H groups in total. The quantitative estimate of drug-likeness (QED) is 0.927. The van der Waals surface area contributed by atoms with E-state index in [1.165, 1.54) is 0 Å². The van der Waals surface area contributed by atoms with Gasteiger partial charge in [0.05, 0.1) is 16.8 Å². The maximum Gasteiger partial charge on any atom is 0.161 e. The van der Waals surface area contributed by atoms with Gasteiger partial charge in [-0.2, -0.15) is 0 Å². The van der Waals surface area contributed by atoms with E-state index in [0.717, 1.165) is 33.8 Å². The highest BCUT2D eigenvalue weighted by Crippen LogP contribution is 2.36. The van der Waals surface area contributed by atoms with Gasteiger partial charge in [0.15, 0.2) is 11.5 Å². The second kappa shape index (κ2) is 5.89. The Kier molecular flexibility index (Phi) is 3.98. The van der Waals surface area contributed by atoms with Crippen LogP contribution in [0.25, 0.3) is 0 Å². The Morgan fingerprint density at radius 1 is 1.20 bits per heavy atom. The first-order chi connectivity index (χ1) is 9.79.